The van der Waals surface area contributed by atoms with Crippen LogP contribution in [-0.4, -0.2) is 26.3 Å². The van der Waals surface area contributed by atoms with Crippen molar-refractivity contribution in [3.8, 4) is 0 Å². The lowest BCUT2D eigenvalue weighted by Crippen LogP contribution is -1.62. The van der Waals surface area contributed by atoms with Crippen molar-refractivity contribution in [1.82, 2.24) is 0 Å². The summed E-state index contributed by atoms with van der Waals surface area (Å²) in [4.78, 5) is 0. The van der Waals surface area contributed by atoms with Crippen molar-refractivity contribution in [2.24, 2.45) is 4.52 Å². The lowest BCUT2D eigenvalue weighted by atomic mass is 11.9. The van der Waals surface area contributed by atoms with Crippen LogP contribution < -0.4 is 0 Å². The van der Waals surface area contributed by atoms with E-state index in [0.29, 0.717) is 0 Å². The van der Waals surface area contributed by atoms with Gasteiger partial charge in [0.25, 0.3) is 0 Å². The molecule has 0 saturated carbocycles. The predicted octanol–water partition coefficient (Wildman–Crippen LogP) is 2.37. The molecule has 0 unspecified atom stereocenters. The van der Waals surface area contributed by atoms with Crippen LogP contribution in [0, 0.1) is 0 Å². The molecule has 0 bridgehead atoms. The molecule has 0 aliphatic carbocycles. The van der Waals surface area contributed by atoms with Crippen LogP contribution in [0.25, 0.3) is 0 Å². The highest BCUT2D eigenvalue weighted by atomic mass is 31.2. The summed E-state index contributed by atoms with van der Waals surface area (Å²) >= 11 is 0. The Morgan fingerprint density at radius 3 is 1.86 bits per heavy atom. The predicted molar refractivity (Wildman–Crippen MR) is 41.2 cm³/mol. The minimum atomic E-state index is -0.866. The highest BCUT2D eigenvalue weighted by molar-refractivity contribution is 7.67. The number of rotatable bonds is 1. The third-order valence-electron chi connectivity index (χ3n) is 0.332. The first-order chi connectivity index (χ1) is 3.06. The summed E-state index contributed by atoms with van der Waals surface area (Å²) < 4.78 is 4.23. The summed E-state index contributed by atoms with van der Waals surface area (Å²) in [5, 5.41) is 0. The fourth-order valence-electron chi connectivity index (χ4n) is 0.190. The molecule has 0 aromatic rings. The van der Waals surface area contributed by atoms with Gasteiger partial charge < -0.3 is 0 Å². The molecule has 0 radical (unpaired) electrons. The van der Waals surface area contributed by atoms with Crippen molar-refractivity contribution >= 4 is 21.7 Å². The summed E-state index contributed by atoms with van der Waals surface area (Å²) in [6.45, 7) is 6.52. The maximum absolute atomic E-state index is 4.23. The Bertz CT molecular complexity index is 103. The van der Waals surface area contributed by atoms with Crippen LogP contribution in [-0.2, 0) is 0 Å². The van der Waals surface area contributed by atoms with Crippen LogP contribution in [0.5, 0.6) is 0 Å². The summed E-state index contributed by atoms with van der Waals surface area (Å²) in [6.07, 6.45) is 3.60. The third kappa shape index (κ3) is 6.40. The maximum atomic E-state index is 4.23. The Morgan fingerprint density at radius 2 is 1.86 bits per heavy atom. The van der Waals surface area contributed by atoms with Crippen LogP contribution in [0.15, 0.2) is 4.52 Å². The van der Waals surface area contributed by atoms with Gasteiger partial charge in [0.2, 0.25) is 0 Å². The van der Waals surface area contributed by atoms with Gasteiger partial charge in [0.15, 0.2) is 0 Å². The minimum Gasteiger partial charge on any atom is -0.248 e. The normalized spacial score (nSPS) is 11.9. The Kier molecular flexibility index (Phi) is 2.80. The summed E-state index contributed by atoms with van der Waals surface area (Å²) in [6, 6.07) is 0. The van der Waals surface area contributed by atoms with Gasteiger partial charge in [0.05, 0.1) is 0 Å². The molecule has 0 spiro atoms. The van der Waals surface area contributed by atoms with Crippen LogP contribution >= 0.6 is 15.4 Å². The molecule has 0 aliphatic rings. The number of hydrogen-bond acceptors (Lipinski definition) is 1. The molecule has 0 amide bonds. The molecule has 1 nitrogen and oxygen atoms in total. The molecule has 0 N–H and O–H groups in total. The first kappa shape index (κ1) is 7.40. The highest BCUT2D eigenvalue weighted by Gasteiger charge is 1.88. The van der Waals surface area contributed by atoms with Gasteiger partial charge in [-0.1, -0.05) is 6.30 Å². The Morgan fingerprint density at radius 1 is 1.43 bits per heavy atom. The molecule has 0 rings (SSSR count). The molecule has 0 aromatic heterocycles. The molecule has 42 valence electrons. The molecule has 3 heteroatoms. The van der Waals surface area contributed by atoms with E-state index >= 15 is 0 Å². The Hall–Kier alpha value is 0.400. The second kappa shape index (κ2) is 2.64. The highest BCUT2D eigenvalue weighted by Crippen LogP contribution is 2.38. The van der Waals surface area contributed by atoms with Crippen molar-refractivity contribution in [2.75, 3.05) is 20.0 Å². The van der Waals surface area contributed by atoms with Crippen molar-refractivity contribution in [1.29, 1.82) is 0 Å². The molecule has 0 saturated heterocycles. The smallest absolute Gasteiger partial charge is 0.0274 e. The molecule has 0 fully saturated rings. The van der Waals surface area contributed by atoms with E-state index in [1.165, 1.54) is 0 Å². The standard InChI is InChI=1S/C4H11NP2/c1-6-5-7(2,3)4/h1H2,2-4H3. The molecule has 7 heavy (non-hydrogen) atoms. The second-order valence-corrected chi connectivity index (χ2v) is 7.05. The van der Waals surface area contributed by atoms with E-state index in [1.54, 1.807) is 0 Å². The van der Waals surface area contributed by atoms with Gasteiger partial charge in [-0.05, 0) is 27.0 Å². The SMILES string of the molecule is C=PN=P(C)(C)C. The van der Waals surface area contributed by atoms with E-state index in [4.69, 9.17) is 0 Å². The average Bonchev–Trinajstić information content (AvgIpc) is 1.30. The molecular weight excluding hydrogens is 124 g/mol. The lowest BCUT2D eigenvalue weighted by Gasteiger charge is -1.98. The molecule has 0 aliphatic heterocycles. The van der Waals surface area contributed by atoms with Gasteiger partial charge in [0, 0.05) is 8.35 Å². The zero-order chi connectivity index (χ0) is 5.91. The van der Waals surface area contributed by atoms with Crippen molar-refractivity contribution < 1.29 is 0 Å². The molecule has 0 aromatic carbocycles. The fraction of sp³-hybridized carbons (Fsp3) is 0.750. The number of hydrogen-bond donors (Lipinski definition) is 0. The summed E-state index contributed by atoms with van der Waals surface area (Å²) in [5.41, 5.74) is 0. The van der Waals surface area contributed by atoms with Gasteiger partial charge in [-0.3, -0.25) is 0 Å². The molecule has 0 atom stereocenters. The van der Waals surface area contributed by atoms with E-state index in [9.17, 15) is 0 Å². The van der Waals surface area contributed by atoms with E-state index in [2.05, 4.69) is 30.8 Å². The quantitative estimate of drug-likeness (QED) is 0.489. The van der Waals surface area contributed by atoms with Crippen LogP contribution in [0.3, 0.4) is 0 Å². The molecular formula is C4H11NP2. The summed E-state index contributed by atoms with van der Waals surface area (Å²) in [5.74, 6) is 0. The number of nitrogens with zero attached hydrogens (tertiary/aromatic N) is 1. The van der Waals surface area contributed by atoms with Gasteiger partial charge in [0.1, 0.15) is 0 Å². The van der Waals surface area contributed by atoms with E-state index in [-0.39, 0.29) is 0 Å². The first-order valence-corrected chi connectivity index (χ1v) is 6.17. The van der Waals surface area contributed by atoms with E-state index in [0.717, 1.165) is 8.35 Å². The second-order valence-electron chi connectivity index (χ2n) is 2.17. The zero-order valence-electron chi connectivity index (χ0n) is 5.05. The van der Waals surface area contributed by atoms with E-state index in [1.807, 2.05) is 0 Å². The van der Waals surface area contributed by atoms with Crippen molar-refractivity contribution in [2.45, 2.75) is 0 Å². The third-order valence-corrected chi connectivity index (χ3v) is 2.98. The average molecular weight is 135 g/mol. The van der Waals surface area contributed by atoms with Crippen molar-refractivity contribution in [3.63, 3.8) is 0 Å². The van der Waals surface area contributed by atoms with Crippen molar-refractivity contribution in [3.05, 3.63) is 0 Å². The van der Waals surface area contributed by atoms with Gasteiger partial charge in [-0.25, -0.2) is 4.52 Å². The van der Waals surface area contributed by atoms with Crippen LogP contribution in [0.1, 0.15) is 0 Å². The topological polar surface area (TPSA) is 12.4 Å². The summed E-state index contributed by atoms with van der Waals surface area (Å²) in [7, 11) is 0.0677. The largest absolute Gasteiger partial charge is 0.248 e. The van der Waals surface area contributed by atoms with Gasteiger partial charge in [-0.15, -0.1) is 0 Å². The first-order valence-electron chi connectivity index (χ1n) is 2.06. The Balaban J connectivity index is 3.98. The molecule has 0 heterocycles. The fourth-order valence-corrected chi connectivity index (χ4v) is 1.71. The van der Waals surface area contributed by atoms with E-state index < -0.39 is 7.05 Å². The minimum absolute atomic E-state index is 0.866. The zero-order valence-corrected chi connectivity index (χ0v) is 6.84. The van der Waals surface area contributed by atoms with Crippen LogP contribution in [0.2, 0.25) is 0 Å². The monoisotopic (exact) mass is 135 g/mol. The van der Waals surface area contributed by atoms with Crippen LogP contribution in [0.4, 0.5) is 0 Å². The maximum Gasteiger partial charge on any atom is 0.0274 e. The van der Waals surface area contributed by atoms with Gasteiger partial charge >= 0.3 is 0 Å². The Labute approximate surface area is 47.1 Å². The lowest BCUT2D eigenvalue weighted by molar-refractivity contribution is 1.90. The van der Waals surface area contributed by atoms with Gasteiger partial charge in [-0.2, -0.15) is 0 Å².